The Kier molecular flexibility index (Phi) is 3.60. The lowest BCUT2D eigenvalue weighted by Crippen LogP contribution is -2.45. The summed E-state index contributed by atoms with van der Waals surface area (Å²) < 4.78 is 4.84. The Morgan fingerprint density at radius 2 is 2.46 bits per heavy atom. The van der Waals surface area contributed by atoms with E-state index < -0.39 is 6.10 Å². The maximum atomic E-state index is 11.2. The molecule has 0 bridgehead atoms. The third kappa shape index (κ3) is 2.62. The Morgan fingerprint density at radius 1 is 1.77 bits per heavy atom. The van der Waals surface area contributed by atoms with Gasteiger partial charge in [0.05, 0.1) is 12.7 Å². The number of amides is 1. The monoisotopic (exact) mass is 185 g/mol. The molecule has 1 amide bonds. The predicted octanol–water partition coefficient (Wildman–Crippen LogP) is -0.369. The summed E-state index contributed by atoms with van der Waals surface area (Å²) in [6.45, 7) is 3.26. The average Bonchev–Trinajstić information content (AvgIpc) is 2.10. The molecule has 4 nitrogen and oxygen atoms in total. The number of β-amino-alcohol motifs (C(OH)–C–C–N with tert-alkyl or cyclic N) is 1. The number of carbonyl (C=O) groups is 1. The third-order valence-corrected chi connectivity index (χ3v) is 2.44. The summed E-state index contributed by atoms with van der Waals surface area (Å²) in [6, 6.07) is 0. The highest BCUT2D eigenvalue weighted by Crippen LogP contribution is 2.19. The van der Waals surface area contributed by atoms with Gasteiger partial charge in [0.25, 0.3) is 0 Å². The van der Waals surface area contributed by atoms with Gasteiger partial charge in [0.2, 0.25) is 0 Å². The number of carbonyl (C=O) groups excluding carboxylic acids is 1. The van der Waals surface area contributed by atoms with Crippen molar-refractivity contribution in [1.29, 1.82) is 0 Å². The van der Waals surface area contributed by atoms with Crippen molar-refractivity contribution in [1.82, 2.24) is 4.90 Å². The van der Waals surface area contributed by atoms with E-state index in [9.17, 15) is 9.90 Å². The maximum Gasteiger partial charge on any atom is 0.409 e. The van der Waals surface area contributed by atoms with Crippen LogP contribution < -0.4 is 0 Å². The fourth-order valence-corrected chi connectivity index (χ4v) is 1.43. The van der Waals surface area contributed by atoms with Crippen molar-refractivity contribution in [3.05, 3.63) is 0 Å². The summed E-state index contributed by atoms with van der Waals surface area (Å²) in [6.07, 6.45) is 0.131. The van der Waals surface area contributed by atoms with Crippen molar-refractivity contribution >= 4 is 13.9 Å². The lowest BCUT2D eigenvalue weighted by molar-refractivity contribution is 0.0518. The molecule has 13 heavy (non-hydrogen) atoms. The van der Waals surface area contributed by atoms with Crippen LogP contribution in [0.1, 0.15) is 13.3 Å². The van der Waals surface area contributed by atoms with Gasteiger partial charge < -0.3 is 14.7 Å². The van der Waals surface area contributed by atoms with Gasteiger partial charge in [-0.1, -0.05) is 0 Å². The molecule has 1 heterocycles. The van der Waals surface area contributed by atoms with Gasteiger partial charge in [-0.05, 0) is 19.2 Å². The van der Waals surface area contributed by atoms with Crippen LogP contribution >= 0.6 is 0 Å². The van der Waals surface area contributed by atoms with E-state index in [0.29, 0.717) is 19.7 Å². The van der Waals surface area contributed by atoms with Crippen LogP contribution in [0.15, 0.2) is 0 Å². The molecule has 0 aromatic carbocycles. The summed E-state index contributed by atoms with van der Waals surface area (Å²) in [5, 5.41) is 9.52. The molecule has 1 fully saturated rings. The van der Waals surface area contributed by atoms with Gasteiger partial charge in [-0.25, -0.2) is 4.79 Å². The zero-order valence-electron chi connectivity index (χ0n) is 8.19. The van der Waals surface area contributed by atoms with Crippen molar-refractivity contribution < 1.29 is 14.6 Å². The highest BCUT2D eigenvalue weighted by atomic mass is 16.6. The Labute approximate surface area is 79.3 Å². The van der Waals surface area contributed by atoms with Gasteiger partial charge in [0, 0.05) is 13.1 Å². The number of rotatable bonds is 1. The number of piperidine rings is 1. The van der Waals surface area contributed by atoms with E-state index in [1.165, 1.54) is 0 Å². The molecule has 0 spiro atoms. The predicted molar refractivity (Wildman–Crippen MR) is 51.5 cm³/mol. The molecule has 0 saturated carbocycles. The highest BCUT2D eigenvalue weighted by molar-refractivity contribution is 6.12. The van der Waals surface area contributed by atoms with Crippen molar-refractivity contribution in [3.63, 3.8) is 0 Å². The van der Waals surface area contributed by atoms with E-state index >= 15 is 0 Å². The van der Waals surface area contributed by atoms with Gasteiger partial charge in [0.15, 0.2) is 0 Å². The van der Waals surface area contributed by atoms with Crippen molar-refractivity contribution in [3.8, 4) is 0 Å². The highest BCUT2D eigenvalue weighted by Gasteiger charge is 2.27. The quantitative estimate of drug-likeness (QED) is 0.567. The lowest BCUT2D eigenvalue weighted by atomic mass is 9.77. The second-order valence-electron chi connectivity index (χ2n) is 3.48. The largest absolute Gasteiger partial charge is 0.450 e. The Morgan fingerprint density at radius 3 is 3.00 bits per heavy atom. The molecule has 1 aliphatic rings. The molecule has 5 heteroatoms. The molecule has 1 rings (SSSR count). The van der Waals surface area contributed by atoms with Crippen LogP contribution in [-0.2, 0) is 4.74 Å². The van der Waals surface area contributed by atoms with Gasteiger partial charge >= 0.3 is 6.09 Å². The topological polar surface area (TPSA) is 49.8 Å². The molecule has 1 N–H and O–H groups in total. The van der Waals surface area contributed by atoms with Crippen LogP contribution in [0.3, 0.4) is 0 Å². The summed E-state index contributed by atoms with van der Waals surface area (Å²) in [5.41, 5.74) is 0. The number of hydrogen-bond donors (Lipinski definition) is 1. The van der Waals surface area contributed by atoms with Crippen LogP contribution in [0, 0.1) is 0 Å². The van der Waals surface area contributed by atoms with Crippen molar-refractivity contribution in [2.24, 2.45) is 0 Å². The fourth-order valence-electron chi connectivity index (χ4n) is 1.43. The summed E-state index contributed by atoms with van der Waals surface area (Å²) >= 11 is 0. The second kappa shape index (κ2) is 4.51. The zero-order chi connectivity index (χ0) is 9.84. The van der Waals surface area contributed by atoms with Gasteiger partial charge in [0.1, 0.15) is 7.85 Å². The minimum Gasteiger partial charge on any atom is -0.450 e. The molecule has 2 atom stereocenters. The van der Waals surface area contributed by atoms with Gasteiger partial charge in [-0.15, -0.1) is 0 Å². The number of nitrogens with zero attached hydrogens (tertiary/aromatic N) is 1. The third-order valence-electron chi connectivity index (χ3n) is 2.44. The van der Waals surface area contributed by atoms with E-state index in [-0.39, 0.29) is 11.9 Å². The lowest BCUT2D eigenvalue weighted by Gasteiger charge is -2.33. The summed E-state index contributed by atoms with van der Waals surface area (Å²) in [4.78, 5) is 12.8. The van der Waals surface area contributed by atoms with Crippen LogP contribution in [-0.4, -0.2) is 49.7 Å². The number of aliphatic hydroxyl groups is 1. The summed E-state index contributed by atoms with van der Waals surface area (Å²) in [7, 11) is 1.99. The van der Waals surface area contributed by atoms with E-state index in [2.05, 4.69) is 0 Å². The van der Waals surface area contributed by atoms with Crippen molar-refractivity contribution in [2.75, 3.05) is 19.7 Å². The molecule has 0 aromatic heterocycles. The molecular formula is C8H16BNO3. The normalized spacial score (nSPS) is 28.6. The standard InChI is InChI=1S/C8H16BNO3/c1-2-13-8(12)10-4-3-6(9)7(11)5-10/h6-7,11H,2-5,9H2,1H3/t6-,7?/m0/s1. The first-order valence-corrected chi connectivity index (χ1v) is 4.75. The first-order chi connectivity index (χ1) is 6.15. The fraction of sp³-hybridized carbons (Fsp3) is 0.875. The Balaban J connectivity index is 2.40. The Hall–Kier alpha value is -0.705. The van der Waals surface area contributed by atoms with Crippen LogP contribution in [0.5, 0.6) is 0 Å². The van der Waals surface area contributed by atoms with Crippen molar-refractivity contribution in [2.45, 2.75) is 25.3 Å². The first kappa shape index (κ1) is 10.4. The van der Waals surface area contributed by atoms with E-state index in [4.69, 9.17) is 4.74 Å². The smallest absolute Gasteiger partial charge is 0.409 e. The number of likely N-dealkylation sites (tertiary alicyclic amines) is 1. The second-order valence-corrected chi connectivity index (χ2v) is 3.48. The number of hydrogen-bond acceptors (Lipinski definition) is 3. The van der Waals surface area contributed by atoms with Crippen LogP contribution in [0.4, 0.5) is 4.79 Å². The molecule has 0 aliphatic carbocycles. The average molecular weight is 185 g/mol. The maximum absolute atomic E-state index is 11.2. The number of aliphatic hydroxyl groups excluding tert-OH is 1. The molecule has 0 aromatic rings. The van der Waals surface area contributed by atoms with Gasteiger partial charge in [-0.2, -0.15) is 0 Å². The first-order valence-electron chi connectivity index (χ1n) is 4.75. The van der Waals surface area contributed by atoms with Gasteiger partial charge in [-0.3, -0.25) is 0 Å². The molecule has 1 saturated heterocycles. The molecule has 74 valence electrons. The minimum atomic E-state index is -0.404. The number of ether oxygens (including phenoxy) is 1. The Bertz CT molecular complexity index is 188. The molecular weight excluding hydrogens is 169 g/mol. The minimum absolute atomic E-state index is 0.283. The molecule has 1 unspecified atom stereocenters. The van der Waals surface area contributed by atoms with E-state index in [1.54, 1.807) is 11.8 Å². The summed E-state index contributed by atoms with van der Waals surface area (Å²) in [5.74, 6) is 0.283. The van der Waals surface area contributed by atoms with Crippen LogP contribution in [0.2, 0.25) is 5.82 Å². The van der Waals surface area contributed by atoms with Crippen LogP contribution in [0.25, 0.3) is 0 Å². The molecule has 1 aliphatic heterocycles. The van der Waals surface area contributed by atoms with E-state index in [0.717, 1.165) is 6.42 Å². The van der Waals surface area contributed by atoms with E-state index in [1.807, 2.05) is 7.85 Å². The zero-order valence-corrected chi connectivity index (χ0v) is 8.19. The SMILES string of the molecule is B[C@H]1CCN(C(=O)OCC)CC1O. The molecule has 0 radical (unpaired) electrons.